The number of aromatic nitrogens is 2. The topological polar surface area (TPSA) is 29.9 Å². The van der Waals surface area contributed by atoms with Crippen molar-refractivity contribution in [1.82, 2.24) is 9.55 Å². The Morgan fingerprint density at radius 3 is 2.65 bits per heavy atom. The molecule has 0 saturated heterocycles. The first-order chi connectivity index (χ1) is 8.35. The Kier molecular flexibility index (Phi) is 4.46. The highest BCUT2D eigenvalue weighted by molar-refractivity contribution is 5.28. The van der Waals surface area contributed by atoms with Crippen LogP contribution in [0.15, 0.2) is 12.4 Å². The van der Waals surface area contributed by atoms with Crippen molar-refractivity contribution >= 4 is 5.95 Å². The Balaban J connectivity index is 2.02. The van der Waals surface area contributed by atoms with Crippen LogP contribution in [0.1, 0.15) is 64.8 Å². The first-order valence-electron chi connectivity index (χ1n) is 7.14. The fourth-order valence-electron chi connectivity index (χ4n) is 2.83. The van der Waals surface area contributed by atoms with Crippen LogP contribution in [0.25, 0.3) is 0 Å². The predicted molar refractivity (Wildman–Crippen MR) is 72.3 cm³/mol. The van der Waals surface area contributed by atoms with Crippen LogP contribution < -0.4 is 5.32 Å². The zero-order valence-electron chi connectivity index (χ0n) is 11.2. The van der Waals surface area contributed by atoms with E-state index >= 15 is 0 Å². The van der Waals surface area contributed by atoms with Gasteiger partial charge >= 0.3 is 0 Å². The van der Waals surface area contributed by atoms with Crippen molar-refractivity contribution < 1.29 is 0 Å². The lowest BCUT2D eigenvalue weighted by atomic mass is 9.96. The molecule has 0 atom stereocenters. The highest BCUT2D eigenvalue weighted by atomic mass is 15.2. The van der Waals surface area contributed by atoms with E-state index in [-0.39, 0.29) is 0 Å². The molecule has 3 nitrogen and oxygen atoms in total. The number of hydrogen-bond acceptors (Lipinski definition) is 2. The highest BCUT2D eigenvalue weighted by Gasteiger charge is 2.17. The largest absolute Gasteiger partial charge is 0.353 e. The summed E-state index contributed by atoms with van der Waals surface area (Å²) in [6.45, 7) is 4.50. The summed E-state index contributed by atoms with van der Waals surface area (Å²) in [6.07, 6.45) is 13.1. The number of anilines is 1. The molecule has 1 aromatic rings. The first-order valence-corrected chi connectivity index (χ1v) is 7.14. The third-order valence-electron chi connectivity index (χ3n) is 3.94. The van der Waals surface area contributed by atoms with Crippen molar-refractivity contribution in [2.75, 3.05) is 5.32 Å². The van der Waals surface area contributed by atoms with Crippen molar-refractivity contribution in [3.8, 4) is 0 Å². The van der Waals surface area contributed by atoms with Crippen LogP contribution in [0.2, 0.25) is 0 Å². The molecule has 0 aliphatic heterocycles. The number of hydrogen-bond donors (Lipinski definition) is 1. The van der Waals surface area contributed by atoms with E-state index in [4.69, 9.17) is 0 Å². The maximum absolute atomic E-state index is 4.48. The maximum Gasteiger partial charge on any atom is 0.203 e. The van der Waals surface area contributed by atoms with E-state index < -0.39 is 0 Å². The van der Waals surface area contributed by atoms with Gasteiger partial charge in [-0.2, -0.15) is 0 Å². The lowest BCUT2D eigenvalue weighted by Crippen LogP contribution is -2.25. The van der Waals surface area contributed by atoms with Crippen LogP contribution in [-0.4, -0.2) is 15.6 Å². The summed E-state index contributed by atoms with van der Waals surface area (Å²) in [6, 6.07) is 1.22. The van der Waals surface area contributed by atoms with E-state index in [0.717, 1.165) is 5.95 Å². The average molecular weight is 235 g/mol. The summed E-state index contributed by atoms with van der Waals surface area (Å²) in [5, 5.41) is 3.63. The molecule has 1 fully saturated rings. The molecule has 0 aromatic carbocycles. The third kappa shape index (κ3) is 3.02. The van der Waals surface area contributed by atoms with Gasteiger partial charge in [0.2, 0.25) is 5.95 Å². The van der Waals surface area contributed by atoms with Gasteiger partial charge in [-0.1, -0.05) is 33.1 Å². The second kappa shape index (κ2) is 6.08. The third-order valence-corrected chi connectivity index (χ3v) is 3.94. The fraction of sp³-hybridized carbons (Fsp3) is 0.786. The number of nitrogens with one attached hydrogen (secondary N) is 1. The standard InChI is InChI=1S/C14H25N3/c1-3-13(4-2)17-11-10-15-14(17)16-12-8-6-5-7-9-12/h10-13H,3-9H2,1-2H3,(H,15,16). The Hall–Kier alpha value is -0.990. The van der Waals surface area contributed by atoms with Crippen molar-refractivity contribution in [2.45, 2.75) is 70.9 Å². The zero-order chi connectivity index (χ0) is 12.1. The minimum atomic E-state index is 0.587. The summed E-state index contributed by atoms with van der Waals surface area (Å²) in [7, 11) is 0. The summed E-state index contributed by atoms with van der Waals surface area (Å²) in [5.74, 6) is 1.07. The molecule has 2 rings (SSSR count). The van der Waals surface area contributed by atoms with Crippen LogP contribution in [0.4, 0.5) is 5.95 Å². The summed E-state index contributed by atoms with van der Waals surface area (Å²) >= 11 is 0. The zero-order valence-corrected chi connectivity index (χ0v) is 11.2. The van der Waals surface area contributed by atoms with E-state index in [1.54, 1.807) is 0 Å². The molecule has 0 unspecified atom stereocenters. The van der Waals surface area contributed by atoms with Gasteiger partial charge in [-0.3, -0.25) is 0 Å². The molecule has 3 heteroatoms. The highest BCUT2D eigenvalue weighted by Crippen LogP contribution is 2.24. The van der Waals surface area contributed by atoms with Gasteiger partial charge in [0.25, 0.3) is 0 Å². The molecule has 1 aliphatic carbocycles. The van der Waals surface area contributed by atoms with Crippen LogP contribution in [-0.2, 0) is 0 Å². The number of rotatable bonds is 5. The lowest BCUT2D eigenvalue weighted by Gasteiger charge is -2.25. The lowest BCUT2D eigenvalue weighted by molar-refractivity contribution is 0.445. The van der Waals surface area contributed by atoms with Crippen LogP contribution >= 0.6 is 0 Å². The van der Waals surface area contributed by atoms with E-state index in [0.29, 0.717) is 12.1 Å². The second-order valence-electron chi connectivity index (χ2n) is 5.11. The number of imidazole rings is 1. The monoisotopic (exact) mass is 235 g/mol. The van der Waals surface area contributed by atoms with Crippen molar-refractivity contribution in [3.05, 3.63) is 12.4 Å². The molecular formula is C14H25N3. The van der Waals surface area contributed by atoms with Gasteiger partial charge in [0, 0.05) is 24.5 Å². The molecule has 0 bridgehead atoms. The molecule has 1 aromatic heterocycles. The van der Waals surface area contributed by atoms with Gasteiger partial charge in [-0.15, -0.1) is 0 Å². The number of nitrogens with zero attached hydrogens (tertiary/aromatic N) is 2. The molecule has 96 valence electrons. The Bertz CT molecular complexity index is 322. The first kappa shape index (κ1) is 12.5. The molecule has 0 spiro atoms. The van der Waals surface area contributed by atoms with Gasteiger partial charge in [-0.25, -0.2) is 4.98 Å². The van der Waals surface area contributed by atoms with Crippen LogP contribution in [0.5, 0.6) is 0 Å². The molecule has 1 N–H and O–H groups in total. The Labute approximate surface area is 105 Å². The summed E-state index contributed by atoms with van der Waals surface area (Å²) < 4.78 is 2.31. The average Bonchev–Trinajstić information content (AvgIpc) is 2.81. The smallest absolute Gasteiger partial charge is 0.203 e. The maximum atomic E-state index is 4.48. The van der Waals surface area contributed by atoms with E-state index in [2.05, 4.69) is 34.9 Å². The quantitative estimate of drug-likeness (QED) is 0.836. The molecule has 1 aliphatic rings. The second-order valence-corrected chi connectivity index (χ2v) is 5.11. The van der Waals surface area contributed by atoms with Gasteiger partial charge in [0.1, 0.15) is 0 Å². The van der Waals surface area contributed by atoms with E-state index in [1.165, 1.54) is 44.9 Å². The molecule has 1 saturated carbocycles. The van der Waals surface area contributed by atoms with Gasteiger partial charge < -0.3 is 9.88 Å². The van der Waals surface area contributed by atoms with Crippen molar-refractivity contribution in [3.63, 3.8) is 0 Å². The fourth-order valence-corrected chi connectivity index (χ4v) is 2.83. The molecular weight excluding hydrogens is 210 g/mol. The van der Waals surface area contributed by atoms with Gasteiger partial charge in [0.15, 0.2) is 0 Å². The minimum absolute atomic E-state index is 0.587. The van der Waals surface area contributed by atoms with Gasteiger partial charge in [0.05, 0.1) is 0 Å². The molecule has 0 radical (unpaired) electrons. The van der Waals surface area contributed by atoms with Crippen molar-refractivity contribution in [1.29, 1.82) is 0 Å². The molecule has 17 heavy (non-hydrogen) atoms. The van der Waals surface area contributed by atoms with Crippen LogP contribution in [0.3, 0.4) is 0 Å². The predicted octanol–water partition coefficient (Wildman–Crippen LogP) is 3.99. The normalized spacial score (nSPS) is 17.6. The Morgan fingerprint density at radius 2 is 2.00 bits per heavy atom. The molecule has 0 amide bonds. The molecule has 1 heterocycles. The minimum Gasteiger partial charge on any atom is -0.353 e. The van der Waals surface area contributed by atoms with Crippen molar-refractivity contribution in [2.24, 2.45) is 0 Å². The van der Waals surface area contributed by atoms with E-state index in [1.807, 2.05) is 6.20 Å². The Morgan fingerprint density at radius 1 is 1.29 bits per heavy atom. The van der Waals surface area contributed by atoms with Gasteiger partial charge in [-0.05, 0) is 25.7 Å². The summed E-state index contributed by atoms with van der Waals surface area (Å²) in [4.78, 5) is 4.48. The summed E-state index contributed by atoms with van der Waals surface area (Å²) in [5.41, 5.74) is 0. The SMILES string of the molecule is CCC(CC)n1ccnc1NC1CCCCC1. The van der Waals surface area contributed by atoms with E-state index in [9.17, 15) is 0 Å². The van der Waals surface area contributed by atoms with Crippen LogP contribution in [0, 0.1) is 0 Å².